The molecule has 3 atom stereocenters. The number of hydrogen-bond acceptors (Lipinski definition) is 4. The molecule has 2 aromatic rings. The summed E-state index contributed by atoms with van der Waals surface area (Å²) < 4.78 is 11.8. The van der Waals surface area contributed by atoms with Gasteiger partial charge in [0.1, 0.15) is 12.2 Å². The van der Waals surface area contributed by atoms with Gasteiger partial charge in [0, 0.05) is 29.7 Å². The highest BCUT2D eigenvalue weighted by Crippen LogP contribution is 2.45. The second-order valence-corrected chi connectivity index (χ2v) is 10.1. The third-order valence-electron chi connectivity index (χ3n) is 6.76. The number of hydrogen-bond donors (Lipinski definition) is 0. The predicted molar refractivity (Wildman–Crippen MR) is 130 cm³/mol. The molecule has 0 aromatic heterocycles. The number of ether oxygens (including phenoxy) is 2. The summed E-state index contributed by atoms with van der Waals surface area (Å²) in [7, 11) is 0. The SMILES string of the molecule is O=C(C[C@H]1O[C@H](c2cccc(Cl)c2)[C@H](c2ccc(Cl)cc2)N(CC2CC2)C1=O)N1CCOCC1. The van der Waals surface area contributed by atoms with Gasteiger partial charge in [-0.25, -0.2) is 0 Å². The molecule has 8 heteroatoms. The van der Waals surface area contributed by atoms with E-state index in [1.807, 2.05) is 53.4 Å². The fourth-order valence-corrected chi connectivity index (χ4v) is 5.10. The summed E-state index contributed by atoms with van der Waals surface area (Å²) in [6, 6.07) is 14.8. The molecule has 1 saturated carbocycles. The quantitative estimate of drug-likeness (QED) is 0.576. The molecule has 0 unspecified atom stereocenters. The smallest absolute Gasteiger partial charge is 0.252 e. The van der Waals surface area contributed by atoms with Crippen LogP contribution in [0.1, 0.15) is 42.5 Å². The van der Waals surface area contributed by atoms with Crippen LogP contribution in [0.4, 0.5) is 0 Å². The molecular formula is C26H28Cl2N2O4. The molecule has 6 nitrogen and oxygen atoms in total. The van der Waals surface area contributed by atoms with Crippen LogP contribution >= 0.6 is 23.2 Å². The van der Waals surface area contributed by atoms with Crippen LogP contribution in [-0.4, -0.2) is 60.6 Å². The lowest BCUT2D eigenvalue weighted by Gasteiger charge is -2.45. The van der Waals surface area contributed by atoms with Crippen LogP contribution in [0, 0.1) is 5.92 Å². The zero-order valence-electron chi connectivity index (χ0n) is 18.9. The zero-order valence-corrected chi connectivity index (χ0v) is 20.4. The maximum Gasteiger partial charge on any atom is 0.252 e. The van der Waals surface area contributed by atoms with E-state index in [2.05, 4.69) is 0 Å². The van der Waals surface area contributed by atoms with E-state index in [9.17, 15) is 9.59 Å². The molecule has 2 saturated heterocycles. The minimum atomic E-state index is -0.846. The molecule has 34 heavy (non-hydrogen) atoms. The molecule has 2 amide bonds. The Morgan fingerprint density at radius 3 is 2.38 bits per heavy atom. The van der Waals surface area contributed by atoms with E-state index in [4.69, 9.17) is 32.7 Å². The fourth-order valence-electron chi connectivity index (χ4n) is 4.77. The van der Waals surface area contributed by atoms with Crippen LogP contribution in [0.15, 0.2) is 48.5 Å². The Bertz CT molecular complexity index is 1040. The highest BCUT2D eigenvalue weighted by molar-refractivity contribution is 6.30. The lowest BCUT2D eigenvalue weighted by atomic mass is 9.91. The molecule has 3 fully saturated rings. The Hall–Kier alpha value is -2.12. The number of carbonyl (C=O) groups is 2. The number of halogens is 2. The van der Waals surface area contributed by atoms with Crippen molar-refractivity contribution in [3.05, 3.63) is 69.7 Å². The number of morpholine rings is 2. The van der Waals surface area contributed by atoms with E-state index in [1.54, 1.807) is 4.90 Å². The van der Waals surface area contributed by atoms with E-state index < -0.39 is 12.2 Å². The minimum absolute atomic E-state index is 0.0183. The Morgan fingerprint density at radius 2 is 1.71 bits per heavy atom. The van der Waals surface area contributed by atoms with E-state index >= 15 is 0 Å². The van der Waals surface area contributed by atoms with Crippen LogP contribution in [-0.2, 0) is 19.1 Å². The molecule has 0 bridgehead atoms. The van der Waals surface area contributed by atoms with E-state index in [0.717, 1.165) is 24.0 Å². The summed E-state index contributed by atoms with van der Waals surface area (Å²) in [6.07, 6.45) is 0.930. The van der Waals surface area contributed by atoms with Crippen molar-refractivity contribution in [1.29, 1.82) is 0 Å². The van der Waals surface area contributed by atoms with Crippen molar-refractivity contribution in [2.24, 2.45) is 5.92 Å². The lowest BCUT2D eigenvalue weighted by molar-refractivity contribution is -0.178. The number of rotatable bonds is 6. The normalized spacial score (nSPS) is 25.5. The molecular weight excluding hydrogens is 475 g/mol. The van der Waals surface area contributed by atoms with Gasteiger partial charge >= 0.3 is 0 Å². The fraction of sp³-hybridized carbons (Fsp3) is 0.462. The molecule has 2 aliphatic heterocycles. The number of amides is 2. The molecule has 180 valence electrons. The molecule has 0 spiro atoms. The lowest BCUT2D eigenvalue weighted by Crippen LogP contribution is -2.53. The van der Waals surface area contributed by atoms with Crippen molar-refractivity contribution in [1.82, 2.24) is 9.80 Å². The molecule has 5 rings (SSSR count). The summed E-state index contributed by atoms with van der Waals surface area (Å²) in [5, 5.41) is 1.23. The van der Waals surface area contributed by atoms with Gasteiger partial charge in [0.05, 0.1) is 25.7 Å². The van der Waals surface area contributed by atoms with Gasteiger partial charge in [0.2, 0.25) is 5.91 Å². The van der Waals surface area contributed by atoms with Gasteiger partial charge in [-0.2, -0.15) is 0 Å². The summed E-state index contributed by atoms with van der Waals surface area (Å²) in [4.78, 5) is 30.5. The molecule has 0 N–H and O–H groups in total. The van der Waals surface area contributed by atoms with Crippen molar-refractivity contribution < 1.29 is 19.1 Å². The second kappa shape index (κ2) is 10.2. The molecule has 2 heterocycles. The van der Waals surface area contributed by atoms with Gasteiger partial charge in [-0.3, -0.25) is 9.59 Å². The molecule has 2 aromatic carbocycles. The van der Waals surface area contributed by atoms with Gasteiger partial charge in [0.25, 0.3) is 5.91 Å². The topological polar surface area (TPSA) is 59.1 Å². The highest BCUT2D eigenvalue weighted by Gasteiger charge is 2.46. The van der Waals surface area contributed by atoms with E-state index in [0.29, 0.717) is 48.8 Å². The first-order valence-electron chi connectivity index (χ1n) is 11.8. The zero-order chi connectivity index (χ0) is 23.7. The van der Waals surface area contributed by atoms with E-state index in [1.165, 1.54) is 0 Å². The number of benzene rings is 2. The molecule has 1 aliphatic carbocycles. The molecule has 0 radical (unpaired) electrons. The van der Waals surface area contributed by atoms with Crippen LogP contribution in [0.25, 0.3) is 0 Å². The minimum Gasteiger partial charge on any atom is -0.378 e. The van der Waals surface area contributed by atoms with Gasteiger partial charge < -0.3 is 19.3 Å². The van der Waals surface area contributed by atoms with Gasteiger partial charge in [-0.05, 0) is 54.2 Å². The van der Waals surface area contributed by atoms with E-state index in [-0.39, 0.29) is 24.3 Å². The highest BCUT2D eigenvalue weighted by atomic mass is 35.5. The van der Waals surface area contributed by atoms with Crippen LogP contribution in [0.2, 0.25) is 10.0 Å². The standard InChI is InChI=1S/C26H28Cl2N2O4/c27-20-8-6-18(7-9-20)24-25(19-2-1-3-21(28)14-19)34-22(26(32)30(24)16-17-4-5-17)15-23(31)29-10-12-33-13-11-29/h1-3,6-9,14,17,22,24-25H,4-5,10-13,15-16H2/t22-,24+,25-/m1/s1. The van der Waals surface area contributed by atoms with Crippen molar-refractivity contribution >= 4 is 35.0 Å². The van der Waals surface area contributed by atoms with Gasteiger partial charge in [0.15, 0.2) is 0 Å². The van der Waals surface area contributed by atoms with Gasteiger partial charge in [-0.15, -0.1) is 0 Å². The average molecular weight is 503 g/mol. The van der Waals surface area contributed by atoms with Crippen LogP contribution in [0.5, 0.6) is 0 Å². The largest absolute Gasteiger partial charge is 0.378 e. The van der Waals surface area contributed by atoms with Crippen molar-refractivity contribution in [2.45, 2.75) is 37.5 Å². The Labute approximate surface area is 209 Å². The second-order valence-electron chi connectivity index (χ2n) is 9.23. The van der Waals surface area contributed by atoms with Crippen molar-refractivity contribution in [3.63, 3.8) is 0 Å². The van der Waals surface area contributed by atoms with Crippen molar-refractivity contribution in [2.75, 3.05) is 32.8 Å². The predicted octanol–water partition coefficient (Wildman–Crippen LogP) is 4.66. The number of nitrogens with zero attached hydrogens (tertiary/aromatic N) is 2. The number of carbonyl (C=O) groups excluding carboxylic acids is 2. The van der Waals surface area contributed by atoms with Crippen LogP contribution in [0.3, 0.4) is 0 Å². The third-order valence-corrected chi connectivity index (χ3v) is 7.24. The monoisotopic (exact) mass is 502 g/mol. The first kappa shape index (κ1) is 23.6. The summed E-state index contributed by atoms with van der Waals surface area (Å²) in [5.74, 6) is 0.266. The Morgan fingerprint density at radius 1 is 0.971 bits per heavy atom. The van der Waals surface area contributed by atoms with Gasteiger partial charge in [-0.1, -0.05) is 47.5 Å². The van der Waals surface area contributed by atoms with Crippen LogP contribution < -0.4 is 0 Å². The Balaban J connectivity index is 1.49. The Kier molecular flexibility index (Phi) is 7.11. The average Bonchev–Trinajstić information content (AvgIpc) is 3.67. The first-order valence-corrected chi connectivity index (χ1v) is 12.6. The van der Waals surface area contributed by atoms with Crippen molar-refractivity contribution in [3.8, 4) is 0 Å². The first-order chi connectivity index (χ1) is 16.5. The molecule has 3 aliphatic rings. The summed E-state index contributed by atoms with van der Waals surface area (Å²) in [6.45, 7) is 2.76. The maximum absolute atomic E-state index is 13.8. The summed E-state index contributed by atoms with van der Waals surface area (Å²) >= 11 is 12.5. The maximum atomic E-state index is 13.8. The third kappa shape index (κ3) is 5.25. The summed E-state index contributed by atoms with van der Waals surface area (Å²) in [5.41, 5.74) is 1.82.